The molecule has 3 heteroatoms. The van der Waals surface area contributed by atoms with E-state index in [1.807, 2.05) is 24.3 Å². The summed E-state index contributed by atoms with van der Waals surface area (Å²) in [5, 5.41) is 11.0. The van der Waals surface area contributed by atoms with Crippen molar-refractivity contribution >= 4 is 5.69 Å². The van der Waals surface area contributed by atoms with Gasteiger partial charge >= 0.3 is 0 Å². The lowest BCUT2D eigenvalue weighted by Crippen LogP contribution is -2.31. The zero-order chi connectivity index (χ0) is 18.0. The first kappa shape index (κ1) is 16.3. The standard InChI is InChI=1S/C23H19NO2/c25-24(26)21-15-13-18(14-16-21)22-12-7-17-23(22,19-8-3-1-4-9-19)20-10-5-2-6-11-20/h1-16,22H,17H2/t22-/m1/s1. The van der Waals surface area contributed by atoms with Crippen molar-refractivity contribution in [3.8, 4) is 0 Å². The van der Waals surface area contributed by atoms with Gasteiger partial charge in [-0.05, 0) is 23.1 Å². The first-order valence-electron chi connectivity index (χ1n) is 8.74. The van der Waals surface area contributed by atoms with Gasteiger partial charge in [-0.3, -0.25) is 10.1 Å². The SMILES string of the molecule is O=[N+]([O-])c1ccc([C@H]2C=CCC2(c2ccccc2)c2ccccc2)cc1. The summed E-state index contributed by atoms with van der Waals surface area (Å²) in [7, 11) is 0. The largest absolute Gasteiger partial charge is 0.269 e. The Morgan fingerprint density at radius 3 is 1.85 bits per heavy atom. The molecule has 0 aromatic heterocycles. The van der Waals surface area contributed by atoms with Crippen molar-refractivity contribution < 1.29 is 4.92 Å². The van der Waals surface area contributed by atoms with E-state index in [4.69, 9.17) is 0 Å². The van der Waals surface area contributed by atoms with Crippen molar-refractivity contribution in [2.75, 3.05) is 0 Å². The summed E-state index contributed by atoms with van der Waals surface area (Å²) >= 11 is 0. The highest BCUT2D eigenvalue weighted by atomic mass is 16.6. The van der Waals surface area contributed by atoms with E-state index in [1.165, 1.54) is 11.1 Å². The normalized spacial score (nSPS) is 17.9. The molecule has 0 heterocycles. The van der Waals surface area contributed by atoms with Crippen LogP contribution >= 0.6 is 0 Å². The second-order valence-corrected chi connectivity index (χ2v) is 6.66. The molecular weight excluding hydrogens is 322 g/mol. The van der Waals surface area contributed by atoms with E-state index in [-0.39, 0.29) is 21.9 Å². The van der Waals surface area contributed by atoms with Crippen LogP contribution in [0.2, 0.25) is 0 Å². The van der Waals surface area contributed by atoms with Gasteiger partial charge in [-0.15, -0.1) is 0 Å². The quantitative estimate of drug-likeness (QED) is 0.351. The molecule has 0 N–H and O–H groups in total. The summed E-state index contributed by atoms with van der Waals surface area (Å²) < 4.78 is 0. The van der Waals surface area contributed by atoms with Crippen LogP contribution in [0.25, 0.3) is 0 Å². The Bertz CT molecular complexity index is 891. The Morgan fingerprint density at radius 2 is 1.35 bits per heavy atom. The zero-order valence-electron chi connectivity index (χ0n) is 14.3. The Labute approximate surface area is 152 Å². The number of nitro groups is 1. The Hall–Kier alpha value is -3.20. The van der Waals surface area contributed by atoms with Crippen LogP contribution in [-0.2, 0) is 5.41 Å². The molecule has 3 nitrogen and oxygen atoms in total. The van der Waals surface area contributed by atoms with E-state index in [0.717, 1.165) is 12.0 Å². The summed E-state index contributed by atoms with van der Waals surface area (Å²) in [6.45, 7) is 0. The number of nitro benzene ring substituents is 1. The molecule has 0 bridgehead atoms. The molecule has 1 aliphatic carbocycles. The minimum Gasteiger partial charge on any atom is -0.258 e. The van der Waals surface area contributed by atoms with E-state index in [1.54, 1.807) is 12.1 Å². The molecule has 0 unspecified atom stereocenters. The van der Waals surface area contributed by atoms with Crippen molar-refractivity contribution in [2.45, 2.75) is 17.8 Å². The average molecular weight is 341 g/mol. The van der Waals surface area contributed by atoms with Crippen LogP contribution in [0.1, 0.15) is 29.0 Å². The summed E-state index contributed by atoms with van der Waals surface area (Å²) in [5.74, 6) is 0.133. The highest BCUT2D eigenvalue weighted by molar-refractivity contribution is 5.51. The first-order valence-corrected chi connectivity index (χ1v) is 8.74. The monoisotopic (exact) mass is 341 g/mol. The molecule has 26 heavy (non-hydrogen) atoms. The van der Waals surface area contributed by atoms with Gasteiger partial charge in [0.15, 0.2) is 0 Å². The maximum absolute atomic E-state index is 11.0. The molecule has 0 saturated heterocycles. The van der Waals surface area contributed by atoms with Crippen molar-refractivity contribution in [1.82, 2.24) is 0 Å². The molecule has 0 saturated carbocycles. The molecule has 0 radical (unpaired) electrons. The van der Waals surface area contributed by atoms with Crippen LogP contribution < -0.4 is 0 Å². The lowest BCUT2D eigenvalue weighted by Gasteiger charge is -2.37. The van der Waals surface area contributed by atoms with Crippen molar-refractivity contribution in [1.29, 1.82) is 0 Å². The fourth-order valence-electron chi connectivity index (χ4n) is 4.11. The molecule has 3 aromatic carbocycles. The number of rotatable bonds is 4. The topological polar surface area (TPSA) is 43.1 Å². The van der Waals surface area contributed by atoms with Gasteiger partial charge in [0.2, 0.25) is 0 Å². The Kier molecular flexibility index (Phi) is 4.13. The third-order valence-electron chi connectivity index (χ3n) is 5.34. The Balaban J connectivity index is 1.87. The van der Waals surface area contributed by atoms with Gasteiger partial charge in [0, 0.05) is 23.5 Å². The minimum absolute atomic E-state index is 0.126. The van der Waals surface area contributed by atoms with Gasteiger partial charge in [0.05, 0.1) is 4.92 Å². The zero-order valence-corrected chi connectivity index (χ0v) is 14.3. The summed E-state index contributed by atoms with van der Waals surface area (Å²) in [6, 6.07) is 28.1. The van der Waals surface area contributed by atoms with Crippen LogP contribution in [0.4, 0.5) is 5.69 Å². The molecule has 0 aliphatic heterocycles. The summed E-state index contributed by atoms with van der Waals surface area (Å²) in [5.41, 5.74) is 3.55. The van der Waals surface area contributed by atoms with E-state index < -0.39 is 0 Å². The number of hydrogen-bond acceptors (Lipinski definition) is 2. The second kappa shape index (κ2) is 6.60. The van der Waals surface area contributed by atoms with Crippen LogP contribution in [0.3, 0.4) is 0 Å². The van der Waals surface area contributed by atoms with Crippen LogP contribution in [0.5, 0.6) is 0 Å². The first-order chi connectivity index (χ1) is 12.7. The number of benzene rings is 3. The van der Waals surface area contributed by atoms with Gasteiger partial charge < -0.3 is 0 Å². The number of allylic oxidation sites excluding steroid dienone is 2. The molecule has 1 aliphatic rings. The van der Waals surface area contributed by atoms with E-state index in [2.05, 4.69) is 60.7 Å². The van der Waals surface area contributed by atoms with E-state index in [9.17, 15) is 10.1 Å². The predicted molar refractivity (Wildman–Crippen MR) is 103 cm³/mol. The second-order valence-electron chi connectivity index (χ2n) is 6.66. The number of non-ortho nitro benzene ring substituents is 1. The molecule has 0 amide bonds. The maximum Gasteiger partial charge on any atom is 0.269 e. The molecule has 128 valence electrons. The third-order valence-corrected chi connectivity index (χ3v) is 5.34. The minimum atomic E-state index is -0.351. The van der Waals surface area contributed by atoms with Gasteiger partial charge in [-0.2, -0.15) is 0 Å². The highest BCUT2D eigenvalue weighted by Crippen LogP contribution is 2.51. The third kappa shape index (κ3) is 2.62. The maximum atomic E-state index is 11.0. The van der Waals surface area contributed by atoms with Gasteiger partial charge in [0.25, 0.3) is 5.69 Å². The molecule has 1 atom stereocenters. The number of nitrogens with zero attached hydrogens (tertiary/aromatic N) is 1. The molecule has 0 fully saturated rings. The molecular formula is C23H19NO2. The van der Waals surface area contributed by atoms with Crippen molar-refractivity contribution in [3.05, 3.63) is 124 Å². The lowest BCUT2D eigenvalue weighted by atomic mass is 9.65. The molecule has 3 aromatic rings. The fourth-order valence-corrected chi connectivity index (χ4v) is 4.11. The van der Waals surface area contributed by atoms with Crippen molar-refractivity contribution in [3.63, 3.8) is 0 Å². The Morgan fingerprint density at radius 1 is 0.808 bits per heavy atom. The average Bonchev–Trinajstić information content (AvgIpc) is 3.15. The fraction of sp³-hybridized carbons (Fsp3) is 0.130. The highest BCUT2D eigenvalue weighted by Gasteiger charge is 2.43. The van der Waals surface area contributed by atoms with Crippen LogP contribution in [0, 0.1) is 10.1 Å². The van der Waals surface area contributed by atoms with Crippen molar-refractivity contribution in [2.24, 2.45) is 0 Å². The van der Waals surface area contributed by atoms with Crippen LogP contribution in [0.15, 0.2) is 97.1 Å². The number of hydrogen-bond donors (Lipinski definition) is 0. The van der Waals surface area contributed by atoms with Crippen LogP contribution in [-0.4, -0.2) is 4.92 Å². The summed E-state index contributed by atoms with van der Waals surface area (Å²) in [6.07, 6.45) is 5.37. The van der Waals surface area contributed by atoms with E-state index in [0.29, 0.717) is 0 Å². The van der Waals surface area contributed by atoms with Gasteiger partial charge in [-0.25, -0.2) is 0 Å². The predicted octanol–water partition coefficient (Wildman–Crippen LogP) is 5.62. The lowest BCUT2D eigenvalue weighted by molar-refractivity contribution is -0.384. The van der Waals surface area contributed by atoms with Gasteiger partial charge in [-0.1, -0.05) is 84.9 Å². The smallest absolute Gasteiger partial charge is 0.258 e. The molecule has 4 rings (SSSR count). The van der Waals surface area contributed by atoms with Gasteiger partial charge in [0.1, 0.15) is 0 Å². The summed E-state index contributed by atoms with van der Waals surface area (Å²) in [4.78, 5) is 10.6. The van der Waals surface area contributed by atoms with E-state index >= 15 is 0 Å². The molecule has 0 spiro atoms.